The summed E-state index contributed by atoms with van der Waals surface area (Å²) in [6, 6.07) is 5.14. The fourth-order valence-corrected chi connectivity index (χ4v) is 2.53. The molecule has 94 valence electrons. The maximum atomic E-state index is 11.6. The van der Waals surface area contributed by atoms with Gasteiger partial charge >= 0.3 is 0 Å². The fourth-order valence-electron chi connectivity index (χ4n) is 1.23. The lowest BCUT2D eigenvalue weighted by molar-refractivity contribution is -0.113. The van der Waals surface area contributed by atoms with Gasteiger partial charge in [-0.2, -0.15) is 0 Å². The molecule has 2 aromatic rings. The lowest BCUT2D eigenvalue weighted by Gasteiger charge is -2.04. The van der Waals surface area contributed by atoms with Crippen LogP contribution >= 0.6 is 35.0 Å². The van der Waals surface area contributed by atoms with Crippen molar-refractivity contribution in [3.8, 4) is 0 Å². The second-order valence-electron chi connectivity index (χ2n) is 3.35. The van der Waals surface area contributed by atoms with Gasteiger partial charge in [0.2, 0.25) is 11.9 Å². The van der Waals surface area contributed by atoms with E-state index in [0.717, 1.165) is 4.90 Å². The van der Waals surface area contributed by atoms with Crippen molar-refractivity contribution in [3.63, 3.8) is 0 Å². The van der Waals surface area contributed by atoms with Crippen molar-refractivity contribution in [2.24, 2.45) is 0 Å². The van der Waals surface area contributed by atoms with Crippen LogP contribution in [0.3, 0.4) is 0 Å². The van der Waals surface area contributed by atoms with Gasteiger partial charge in [-0.25, -0.2) is 4.98 Å². The highest BCUT2D eigenvalue weighted by atomic mass is 35.5. The normalized spacial score (nSPS) is 10.3. The van der Waals surface area contributed by atoms with Crippen molar-refractivity contribution < 1.29 is 4.79 Å². The number of rotatable bonds is 4. The van der Waals surface area contributed by atoms with E-state index in [1.165, 1.54) is 11.8 Å². The van der Waals surface area contributed by atoms with Crippen LogP contribution in [-0.2, 0) is 4.79 Å². The number of aromatic amines is 1. The first-order valence-electron chi connectivity index (χ1n) is 5.02. The molecule has 1 aromatic heterocycles. The number of thioether (sulfide) groups is 1. The Morgan fingerprint density at radius 1 is 1.44 bits per heavy atom. The average Bonchev–Trinajstić information content (AvgIpc) is 2.83. The number of aromatic nitrogens is 2. The Kier molecular flexibility index (Phi) is 4.52. The maximum absolute atomic E-state index is 11.6. The zero-order valence-electron chi connectivity index (χ0n) is 9.11. The first-order chi connectivity index (χ1) is 8.65. The molecule has 1 aromatic carbocycles. The van der Waals surface area contributed by atoms with Gasteiger partial charge in [0, 0.05) is 22.3 Å². The van der Waals surface area contributed by atoms with Gasteiger partial charge in [-0.15, -0.1) is 11.8 Å². The number of hydrogen-bond acceptors (Lipinski definition) is 3. The summed E-state index contributed by atoms with van der Waals surface area (Å²) < 4.78 is 0. The average molecular weight is 302 g/mol. The third-order valence-electron chi connectivity index (χ3n) is 2.01. The minimum atomic E-state index is -0.161. The van der Waals surface area contributed by atoms with Gasteiger partial charge < -0.3 is 4.98 Å². The molecule has 0 fully saturated rings. The third kappa shape index (κ3) is 3.66. The standard InChI is InChI=1S/C11H9Cl2N3OS/c12-7-1-2-8(13)9(5-7)18-6-10(17)16-11-14-3-4-15-11/h1-5H,6H2,(H2,14,15,16,17). The van der Waals surface area contributed by atoms with Crippen LogP contribution < -0.4 is 5.32 Å². The second kappa shape index (κ2) is 6.13. The number of carbonyl (C=O) groups excluding carboxylic acids is 1. The van der Waals surface area contributed by atoms with Crippen molar-refractivity contribution in [1.29, 1.82) is 0 Å². The van der Waals surface area contributed by atoms with Gasteiger partial charge in [0.1, 0.15) is 0 Å². The van der Waals surface area contributed by atoms with Crippen molar-refractivity contribution >= 4 is 46.8 Å². The predicted molar refractivity (Wildman–Crippen MR) is 74.4 cm³/mol. The topological polar surface area (TPSA) is 57.8 Å². The Labute approximate surface area is 118 Å². The van der Waals surface area contributed by atoms with Gasteiger partial charge in [0.05, 0.1) is 10.8 Å². The number of anilines is 1. The first-order valence-corrected chi connectivity index (χ1v) is 6.76. The summed E-state index contributed by atoms with van der Waals surface area (Å²) in [6.45, 7) is 0. The molecule has 4 nitrogen and oxygen atoms in total. The minimum Gasteiger partial charge on any atom is -0.331 e. The number of amides is 1. The molecule has 2 rings (SSSR count). The first kappa shape index (κ1) is 13.3. The van der Waals surface area contributed by atoms with E-state index in [0.29, 0.717) is 16.0 Å². The Hall–Kier alpha value is -1.17. The van der Waals surface area contributed by atoms with E-state index in [1.54, 1.807) is 30.6 Å². The fraction of sp³-hybridized carbons (Fsp3) is 0.0909. The highest BCUT2D eigenvalue weighted by molar-refractivity contribution is 8.00. The predicted octanol–water partition coefficient (Wildman–Crippen LogP) is 3.45. The molecule has 18 heavy (non-hydrogen) atoms. The molecule has 0 bridgehead atoms. The molecule has 0 aliphatic carbocycles. The minimum absolute atomic E-state index is 0.161. The van der Waals surface area contributed by atoms with Crippen LogP contribution in [0.2, 0.25) is 10.0 Å². The SMILES string of the molecule is O=C(CSc1cc(Cl)ccc1Cl)Nc1ncc[nH]1. The number of carbonyl (C=O) groups is 1. The highest BCUT2D eigenvalue weighted by Gasteiger charge is 2.07. The van der Waals surface area contributed by atoms with Crippen LogP contribution in [0.25, 0.3) is 0 Å². The van der Waals surface area contributed by atoms with Crippen molar-refractivity contribution in [2.45, 2.75) is 4.90 Å². The Balaban J connectivity index is 1.91. The molecule has 0 aliphatic heterocycles. The van der Waals surface area contributed by atoms with E-state index < -0.39 is 0 Å². The molecule has 0 radical (unpaired) electrons. The number of halogens is 2. The molecule has 0 saturated carbocycles. The molecule has 1 amide bonds. The van der Waals surface area contributed by atoms with Gasteiger partial charge in [-0.05, 0) is 18.2 Å². The summed E-state index contributed by atoms with van der Waals surface area (Å²) >= 11 is 13.2. The molecule has 1 heterocycles. The number of H-pyrrole nitrogens is 1. The molecule has 0 saturated heterocycles. The van der Waals surface area contributed by atoms with E-state index in [-0.39, 0.29) is 11.7 Å². The number of nitrogens with one attached hydrogen (secondary N) is 2. The van der Waals surface area contributed by atoms with Gasteiger partial charge in [0.25, 0.3) is 0 Å². The molecule has 0 unspecified atom stereocenters. The lowest BCUT2D eigenvalue weighted by atomic mass is 10.4. The lowest BCUT2D eigenvalue weighted by Crippen LogP contribution is -2.14. The van der Waals surface area contributed by atoms with Crippen LogP contribution in [0, 0.1) is 0 Å². The number of benzene rings is 1. The zero-order valence-corrected chi connectivity index (χ0v) is 11.4. The van der Waals surface area contributed by atoms with E-state index in [4.69, 9.17) is 23.2 Å². The van der Waals surface area contributed by atoms with Gasteiger partial charge in [-0.1, -0.05) is 23.2 Å². The van der Waals surface area contributed by atoms with E-state index in [1.807, 2.05) is 0 Å². The number of imidazole rings is 1. The summed E-state index contributed by atoms with van der Waals surface area (Å²) in [5.74, 6) is 0.504. The Morgan fingerprint density at radius 2 is 2.28 bits per heavy atom. The summed E-state index contributed by atoms with van der Waals surface area (Å²) in [6.07, 6.45) is 3.20. The molecular weight excluding hydrogens is 293 g/mol. The summed E-state index contributed by atoms with van der Waals surface area (Å²) in [4.78, 5) is 19.1. The Bertz CT molecular complexity index is 545. The molecule has 7 heteroatoms. The summed E-state index contributed by atoms with van der Waals surface area (Å²) in [7, 11) is 0. The third-order valence-corrected chi connectivity index (χ3v) is 3.74. The molecular formula is C11H9Cl2N3OS. The molecule has 0 spiro atoms. The monoisotopic (exact) mass is 301 g/mol. The zero-order chi connectivity index (χ0) is 13.0. The van der Waals surface area contributed by atoms with Crippen molar-refractivity contribution in [2.75, 3.05) is 11.1 Å². The quantitative estimate of drug-likeness (QED) is 0.851. The largest absolute Gasteiger partial charge is 0.331 e. The molecule has 0 aliphatic rings. The van der Waals surface area contributed by atoms with E-state index in [9.17, 15) is 4.79 Å². The van der Waals surface area contributed by atoms with E-state index in [2.05, 4.69) is 15.3 Å². The molecule has 2 N–H and O–H groups in total. The van der Waals surface area contributed by atoms with Gasteiger partial charge in [-0.3, -0.25) is 10.1 Å². The van der Waals surface area contributed by atoms with Crippen molar-refractivity contribution in [1.82, 2.24) is 9.97 Å². The van der Waals surface area contributed by atoms with Crippen LogP contribution in [0.1, 0.15) is 0 Å². The number of nitrogens with zero attached hydrogens (tertiary/aromatic N) is 1. The highest BCUT2D eigenvalue weighted by Crippen LogP contribution is 2.29. The maximum Gasteiger partial charge on any atom is 0.237 e. The van der Waals surface area contributed by atoms with Crippen LogP contribution in [0.4, 0.5) is 5.95 Å². The molecule has 0 atom stereocenters. The number of hydrogen-bond donors (Lipinski definition) is 2. The smallest absolute Gasteiger partial charge is 0.237 e. The van der Waals surface area contributed by atoms with Crippen molar-refractivity contribution in [3.05, 3.63) is 40.6 Å². The van der Waals surface area contributed by atoms with Gasteiger partial charge in [0.15, 0.2) is 0 Å². The summed E-state index contributed by atoms with van der Waals surface area (Å²) in [5, 5.41) is 3.79. The van der Waals surface area contributed by atoms with E-state index >= 15 is 0 Å². The van der Waals surface area contributed by atoms with Crippen LogP contribution in [0.5, 0.6) is 0 Å². The van der Waals surface area contributed by atoms with Crippen LogP contribution in [0.15, 0.2) is 35.5 Å². The van der Waals surface area contributed by atoms with Crippen LogP contribution in [-0.4, -0.2) is 21.6 Å². The summed E-state index contributed by atoms with van der Waals surface area (Å²) in [5.41, 5.74) is 0. The Morgan fingerprint density at radius 3 is 3.00 bits per heavy atom. The second-order valence-corrected chi connectivity index (χ2v) is 5.21.